The molecule has 0 bridgehead atoms. The summed E-state index contributed by atoms with van der Waals surface area (Å²) in [7, 11) is 0. The SMILES string of the molecule is O=C([O-])C(=O)C=C(NCc1ccccc1)C(F)F. The molecule has 1 N–H and O–H groups in total. The van der Waals surface area contributed by atoms with Crippen LogP contribution in [0.1, 0.15) is 5.56 Å². The van der Waals surface area contributed by atoms with Gasteiger partial charge in [-0.2, -0.15) is 0 Å². The molecule has 0 aliphatic rings. The van der Waals surface area contributed by atoms with E-state index in [4.69, 9.17) is 0 Å². The Morgan fingerprint density at radius 3 is 2.39 bits per heavy atom. The van der Waals surface area contributed by atoms with Gasteiger partial charge < -0.3 is 15.2 Å². The zero-order valence-corrected chi connectivity index (χ0v) is 9.23. The number of aliphatic carboxylic acids is 1. The minimum atomic E-state index is -2.96. The maximum absolute atomic E-state index is 12.5. The van der Waals surface area contributed by atoms with Crippen molar-refractivity contribution in [3.05, 3.63) is 47.7 Å². The van der Waals surface area contributed by atoms with Crippen molar-refractivity contribution >= 4 is 11.8 Å². The van der Waals surface area contributed by atoms with Crippen LogP contribution in [0.5, 0.6) is 0 Å². The zero-order valence-electron chi connectivity index (χ0n) is 9.23. The van der Waals surface area contributed by atoms with Gasteiger partial charge in [0.05, 0.1) is 5.70 Å². The first-order valence-electron chi connectivity index (χ1n) is 5.03. The van der Waals surface area contributed by atoms with Crippen molar-refractivity contribution in [2.45, 2.75) is 13.0 Å². The molecule has 0 heterocycles. The highest BCUT2D eigenvalue weighted by molar-refractivity contribution is 6.36. The third kappa shape index (κ3) is 4.32. The topological polar surface area (TPSA) is 69.2 Å². The summed E-state index contributed by atoms with van der Waals surface area (Å²) in [6.07, 6.45) is -2.62. The summed E-state index contributed by atoms with van der Waals surface area (Å²) in [6, 6.07) is 8.64. The minimum Gasteiger partial charge on any atom is -0.541 e. The summed E-state index contributed by atoms with van der Waals surface area (Å²) >= 11 is 0. The largest absolute Gasteiger partial charge is 0.541 e. The molecular formula is C12H10F2NO3-. The van der Waals surface area contributed by atoms with Crippen LogP contribution in [0.15, 0.2) is 42.1 Å². The van der Waals surface area contributed by atoms with Gasteiger partial charge in [0, 0.05) is 12.6 Å². The van der Waals surface area contributed by atoms with E-state index in [9.17, 15) is 23.5 Å². The normalized spacial score (nSPS) is 11.4. The van der Waals surface area contributed by atoms with Crippen molar-refractivity contribution in [1.29, 1.82) is 0 Å². The Morgan fingerprint density at radius 2 is 1.89 bits per heavy atom. The number of carboxylic acid groups (broad SMARTS) is 1. The van der Waals surface area contributed by atoms with Crippen LogP contribution in [0.3, 0.4) is 0 Å². The standard InChI is InChI=1S/C12H11F2NO3/c13-11(14)9(6-10(16)12(17)18)15-7-8-4-2-1-3-5-8/h1-6,11,15H,7H2,(H,17,18)/p-1. The molecule has 0 unspecified atom stereocenters. The molecule has 6 heteroatoms. The van der Waals surface area contributed by atoms with Gasteiger partial charge in [-0.1, -0.05) is 30.3 Å². The second kappa shape index (κ2) is 6.48. The van der Waals surface area contributed by atoms with Crippen LogP contribution >= 0.6 is 0 Å². The monoisotopic (exact) mass is 254 g/mol. The summed E-state index contributed by atoms with van der Waals surface area (Å²) in [5.41, 5.74) is -0.0157. The molecule has 1 aromatic carbocycles. The van der Waals surface area contributed by atoms with Crippen LogP contribution in [0.25, 0.3) is 0 Å². The van der Waals surface area contributed by atoms with Crippen molar-refractivity contribution in [2.24, 2.45) is 0 Å². The van der Waals surface area contributed by atoms with Crippen molar-refractivity contribution in [2.75, 3.05) is 0 Å². The van der Waals surface area contributed by atoms with Gasteiger partial charge in [0.25, 0.3) is 6.43 Å². The van der Waals surface area contributed by atoms with Crippen molar-refractivity contribution in [1.82, 2.24) is 5.32 Å². The summed E-state index contributed by atoms with van der Waals surface area (Å²) in [5, 5.41) is 12.5. The van der Waals surface area contributed by atoms with E-state index in [0.29, 0.717) is 6.08 Å². The molecule has 0 aliphatic heterocycles. The average Bonchev–Trinajstić information content (AvgIpc) is 2.34. The lowest BCUT2D eigenvalue weighted by Gasteiger charge is -2.10. The van der Waals surface area contributed by atoms with E-state index in [2.05, 4.69) is 5.32 Å². The van der Waals surface area contributed by atoms with Crippen LogP contribution in [-0.2, 0) is 16.1 Å². The maximum Gasteiger partial charge on any atom is 0.278 e. The van der Waals surface area contributed by atoms with Crippen molar-refractivity contribution in [3.8, 4) is 0 Å². The van der Waals surface area contributed by atoms with E-state index in [1.165, 1.54) is 0 Å². The highest BCUT2D eigenvalue weighted by Crippen LogP contribution is 2.07. The summed E-state index contributed by atoms with van der Waals surface area (Å²) in [4.78, 5) is 20.9. The maximum atomic E-state index is 12.5. The van der Waals surface area contributed by atoms with E-state index in [-0.39, 0.29) is 6.54 Å². The minimum absolute atomic E-state index is 0.0668. The molecule has 0 saturated heterocycles. The fourth-order valence-corrected chi connectivity index (χ4v) is 1.19. The van der Waals surface area contributed by atoms with Gasteiger partial charge in [-0.15, -0.1) is 0 Å². The Morgan fingerprint density at radius 1 is 1.28 bits per heavy atom. The van der Waals surface area contributed by atoms with Crippen LogP contribution in [0.4, 0.5) is 8.78 Å². The number of rotatable bonds is 6. The molecule has 0 saturated carbocycles. The fourth-order valence-electron chi connectivity index (χ4n) is 1.19. The first kappa shape index (κ1) is 13.8. The summed E-state index contributed by atoms with van der Waals surface area (Å²) in [6.45, 7) is 0.0668. The lowest BCUT2D eigenvalue weighted by Crippen LogP contribution is -2.31. The summed E-state index contributed by atoms with van der Waals surface area (Å²) in [5.74, 6) is -3.51. The van der Waals surface area contributed by atoms with E-state index >= 15 is 0 Å². The van der Waals surface area contributed by atoms with Gasteiger partial charge in [0.1, 0.15) is 5.97 Å². The van der Waals surface area contributed by atoms with Gasteiger partial charge in [0.2, 0.25) is 5.78 Å². The zero-order chi connectivity index (χ0) is 13.5. The van der Waals surface area contributed by atoms with Gasteiger partial charge in [-0.3, -0.25) is 4.79 Å². The predicted octanol–water partition coefficient (Wildman–Crippen LogP) is 0.244. The second-order valence-electron chi connectivity index (χ2n) is 3.39. The number of carbonyl (C=O) groups excluding carboxylic acids is 2. The average molecular weight is 254 g/mol. The number of halogens is 2. The summed E-state index contributed by atoms with van der Waals surface area (Å²) < 4.78 is 25.1. The first-order chi connectivity index (χ1) is 8.50. The fraction of sp³-hybridized carbons (Fsp3) is 0.167. The Kier molecular flexibility index (Phi) is 4.98. The molecule has 0 atom stereocenters. The van der Waals surface area contributed by atoms with Gasteiger partial charge in [-0.25, -0.2) is 8.78 Å². The number of benzene rings is 1. The third-order valence-corrected chi connectivity index (χ3v) is 2.06. The quantitative estimate of drug-likeness (QED) is 0.583. The molecule has 1 rings (SSSR count). The lowest BCUT2D eigenvalue weighted by molar-refractivity contribution is -0.299. The Bertz CT molecular complexity index is 458. The molecule has 0 radical (unpaired) electrons. The van der Waals surface area contributed by atoms with Crippen molar-refractivity contribution < 1.29 is 23.5 Å². The molecule has 18 heavy (non-hydrogen) atoms. The van der Waals surface area contributed by atoms with Gasteiger partial charge in [0.15, 0.2) is 0 Å². The number of nitrogens with one attached hydrogen (secondary N) is 1. The Balaban J connectivity index is 2.70. The highest BCUT2D eigenvalue weighted by Gasteiger charge is 2.13. The van der Waals surface area contributed by atoms with E-state index in [1.807, 2.05) is 0 Å². The number of ketones is 1. The Hall–Kier alpha value is -2.24. The number of carbonyl (C=O) groups is 2. The lowest BCUT2D eigenvalue weighted by atomic mass is 10.2. The van der Waals surface area contributed by atoms with Crippen LogP contribution in [0.2, 0.25) is 0 Å². The van der Waals surface area contributed by atoms with Crippen LogP contribution < -0.4 is 10.4 Å². The number of hydrogen-bond acceptors (Lipinski definition) is 4. The smallest absolute Gasteiger partial charge is 0.278 e. The molecule has 96 valence electrons. The van der Waals surface area contributed by atoms with Crippen LogP contribution in [-0.4, -0.2) is 18.2 Å². The van der Waals surface area contributed by atoms with Gasteiger partial charge in [-0.05, 0) is 5.56 Å². The van der Waals surface area contributed by atoms with Crippen molar-refractivity contribution in [3.63, 3.8) is 0 Å². The van der Waals surface area contributed by atoms with E-state index in [1.54, 1.807) is 30.3 Å². The molecule has 0 spiro atoms. The first-order valence-corrected chi connectivity index (χ1v) is 5.03. The molecule has 0 aromatic heterocycles. The number of hydrogen-bond donors (Lipinski definition) is 1. The molecule has 4 nitrogen and oxygen atoms in total. The molecule has 0 fully saturated rings. The van der Waals surface area contributed by atoms with E-state index < -0.39 is 23.9 Å². The second-order valence-corrected chi connectivity index (χ2v) is 3.39. The number of alkyl halides is 2. The number of carboxylic acids is 1. The third-order valence-electron chi connectivity index (χ3n) is 2.06. The highest BCUT2D eigenvalue weighted by atomic mass is 19.3. The van der Waals surface area contributed by atoms with Gasteiger partial charge >= 0.3 is 0 Å². The molecular weight excluding hydrogens is 244 g/mol. The number of allylic oxidation sites excluding steroid dienone is 1. The molecule has 0 amide bonds. The molecule has 1 aromatic rings. The molecule has 0 aliphatic carbocycles. The van der Waals surface area contributed by atoms with Crippen LogP contribution in [0, 0.1) is 0 Å². The van der Waals surface area contributed by atoms with E-state index in [0.717, 1.165) is 5.56 Å². The predicted molar refractivity (Wildman–Crippen MR) is 57.4 cm³/mol. The Labute approximate surface area is 102 Å².